The highest BCUT2D eigenvalue weighted by atomic mass is 19.3. The molecule has 0 atom stereocenters. The van der Waals surface area contributed by atoms with E-state index in [0.717, 1.165) is 0 Å². The Labute approximate surface area is 142 Å². The highest BCUT2D eigenvalue weighted by Gasteiger charge is 2.18. The summed E-state index contributed by atoms with van der Waals surface area (Å²) in [5.41, 5.74) is 1.27. The van der Waals surface area contributed by atoms with Gasteiger partial charge < -0.3 is 9.64 Å². The third kappa shape index (κ3) is 4.72. The maximum atomic E-state index is 12.4. The van der Waals surface area contributed by atoms with Gasteiger partial charge in [0, 0.05) is 30.8 Å². The van der Waals surface area contributed by atoms with E-state index in [4.69, 9.17) is 0 Å². The number of alkyl halides is 2. The molecule has 0 aliphatic carbocycles. The van der Waals surface area contributed by atoms with E-state index in [1.165, 1.54) is 35.2 Å². The van der Waals surface area contributed by atoms with Gasteiger partial charge in [0.05, 0.1) is 4.92 Å². The molecular formula is C17H16F2N2O4. The number of hydrogen-bond acceptors (Lipinski definition) is 4. The Morgan fingerprint density at radius 2 is 1.88 bits per heavy atom. The van der Waals surface area contributed by atoms with Gasteiger partial charge in [0.25, 0.3) is 11.6 Å². The van der Waals surface area contributed by atoms with Gasteiger partial charge in [0.15, 0.2) is 0 Å². The van der Waals surface area contributed by atoms with Gasteiger partial charge >= 0.3 is 6.61 Å². The van der Waals surface area contributed by atoms with Crippen LogP contribution < -0.4 is 4.74 Å². The summed E-state index contributed by atoms with van der Waals surface area (Å²) in [6, 6.07) is 10.2. The van der Waals surface area contributed by atoms with Gasteiger partial charge in [-0.2, -0.15) is 8.78 Å². The lowest BCUT2D eigenvalue weighted by Gasteiger charge is -2.17. The number of carbonyl (C=O) groups is 1. The SMILES string of the molecule is Cc1ccc(C(=O)N(C)Cc2ccc(OC(F)F)cc2)cc1[N+](=O)[O-]. The first-order chi connectivity index (χ1) is 11.8. The molecule has 0 aliphatic rings. The fourth-order valence-corrected chi connectivity index (χ4v) is 2.28. The topological polar surface area (TPSA) is 72.7 Å². The molecule has 2 aromatic rings. The van der Waals surface area contributed by atoms with Gasteiger partial charge in [-0.1, -0.05) is 18.2 Å². The predicted molar refractivity (Wildman–Crippen MR) is 86.7 cm³/mol. The predicted octanol–water partition coefficient (Wildman–Crippen LogP) is 3.78. The van der Waals surface area contributed by atoms with Crippen LogP contribution >= 0.6 is 0 Å². The van der Waals surface area contributed by atoms with Crippen molar-refractivity contribution < 1.29 is 23.2 Å². The fraction of sp³-hybridized carbons (Fsp3) is 0.235. The van der Waals surface area contributed by atoms with Crippen LogP contribution in [0.4, 0.5) is 14.5 Å². The molecule has 0 saturated heterocycles. The summed E-state index contributed by atoms with van der Waals surface area (Å²) >= 11 is 0. The number of ether oxygens (including phenoxy) is 1. The number of benzene rings is 2. The lowest BCUT2D eigenvalue weighted by molar-refractivity contribution is -0.385. The fourth-order valence-electron chi connectivity index (χ4n) is 2.28. The van der Waals surface area contributed by atoms with Crippen molar-refractivity contribution in [3.05, 3.63) is 69.3 Å². The molecule has 132 valence electrons. The minimum atomic E-state index is -2.90. The van der Waals surface area contributed by atoms with E-state index in [9.17, 15) is 23.7 Å². The van der Waals surface area contributed by atoms with Gasteiger partial charge in [-0.25, -0.2) is 0 Å². The van der Waals surface area contributed by atoms with E-state index >= 15 is 0 Å². The number of nitro groups is 1. The van der Waals surface area contributed by atoms with Crippen molar-refractivity contribution in [1.82, 2.24) is 4.90 Å². The molecule has 0 saturated carbocycles. The highest BCUT2D eigenvalue weighted by Crippen LogP contribution is 2.21. The van der Waals surface area contributed by atoms with Gasteiger partial charge in [0.1, 0.15) is 5.75 Å². The molecule has 0 bridgehead atoms. The average molecular weight is 350 g/mol. The van der Waals surface area contributed by atoms with Crippen LogP contribution in [0.3, 0.4) is 0 Å². The molecule has 0 aromatic heterocycles. The van der Waals surface area contributed by atoms with Crippen LogP contribution in [-0.2, 0) is 6.54 Å². The maximum absolute atomic E-state index is 12.4. The second kappa shape index (κ2) is 7.69. The zero-order chi connectivity index (χ0) is 18.6. The number of nitro benzene ring substituents is 1. The summed E-state index contributed by atoms with van der Waals surface area (Å²) in [7, 11) is 1.55. The molecular weight excluding hydrogens is 334 g/mol. The number of aryl methyl sites for hydroxylation is 1. The number of halogens is 2. The monoisotopic (exact) mass is 350 g/mol. The Kier molecular flexibility index (Phi) is 5.63. The van der Waals surface area contributed by atoms with Gasteiger partial charge in [-0.3, -0.25) is 14.9 Å². The molecule has 0 aliphatic heterocycles. The van der Waals surface area contributed by atoms with Crippen LogP contribution in [0.5, 0.6) is 5.75 Å². The molecule has 1 amide bonds. The third-order valence-electron chi connectivity index (χ3n) is 3.57. The first-order valence-corrected chi connectivity index (χ1v) is 7.32. The molecule has 0 heterocycles. The van der Waals surface area contributed by atoms with E-state index in [2.05, 4.69) is 4.74 Å². The zero-order valence-electron chi connectivity index (χ0n) is 13.6. The molecule has 0 spiro atoms. The molecule has 2 aromatic carbocycles. The largest absolute Gasteiger partial charge is 0.435 e. The van der Waals surface area contributed by atoms with Crippen LogP contribution in [0.1, 0.15) is 21.5 Å². The lowest BCUT2D eigenvalue weighted by atomic mass is 10.1. The van der Waals surface area contributed by atoms with Crippen LogP contribution in [0.25, 0.3) is 0 Å². The van der Waals surface area contributed by atoms with Crippen molar-refractivity contribution >= 4 is 11.6 Å². The Morgan fingerprint density at radius 1 is 1.24 bits per heavy atom. The van der Waals surface area contributed by atoms with Crippen molar-refractivity contribution in [1.29, 1.82) is 0 Å². The molecule has 8 heteroatoms. The van der Waals surface area contributed by atoms with E-state index in [1.54, 1.807) is 26.1 Å². The van der Waals surface area contributed by atoms with Gasteiger partial charge in [-0.05, 0) is 30.7 Å². The smallest absolute Gasteiger partial charge is 0.387 e. The number of carbonyl (C=O) groups excluding carboxylic acids is 1. The standard InChI is InChI=1S/C17H16F2N2O4/c1-11-3-6-13(9-15(11)21(23)24)16(22)20(2)10-12-4-7-14(8-5-12)25-17(18)19/h3-9,17H,10H2,1-2H3. The molecule has 25 heavy (non-hydrogen) atoms. The summed E-state index contributed by atoms with van der Waals surface area (Å²) in [6.07, 6.45) is 0. The Bertz CT molecular complexity index is 779. The normalized spacial score (nSPS) is 10.6. The van der Waals surface area contributed by atoms with Crippen LogP contribution in [-0.4, -0.2) is 29.4 Å². The Hall–Kier alpha value is -3.03. The highest BCUT2D eigenvalue weighted by molar-refractivity contribution is 5.94. The third-order valence-corrected chi connectivity index (χ3v) is 3.57. The van der Waals surface area contributed by atoms with Crippen molar-refractivity contribution in [3.8, 4) is 5.75 Å². The molecule has 2 rings (SSSR count). The number of hydrogen-bond donors (Lipinski definition) is 0. The number of amides is 1. The number of rotatable bonds is 6. The minimum absolute atomic E-state index is 0.0295. The van der Waals surface area contributed by atoms with Gasteiger partial charge in [0.2, 0.25) is 0 Å². The summed E-state index contributed by atoms with van der Waals surface area (Å²) in [6.45, 7) is -1.08. The van der Waals surface area contributed by atoms with E-state index in [1.807, 2.05) is 0 Å². The molecule has 6 nitrogen and oxygen atoms in total. The molecule has 0 unspecified atom stereocenters. The molecule has 0 fully saturated rings. The van der Waals surface area contributed by atoms with E-state index in [0.29, 0.717) is 11.1 Å². The van der Waals surface area contributed by atoms with Gasteiger partial charge in [-0.15, -0.1) is 0 Å². The number of nitrogens with zero attached hydrogens (tertiary/aromatic N) is 2. The molecule has 0 N–H and O–H groups in total. The Balaban J connectivity index is 2.10. The first kappa shape index (κ1) is 18.3. The minimum Gasteiger partial charge on any atom is -0.435 e. The Morgan fingerprint density at radius 3 is 2.44 bits per heavy atom. The first-order valence-electron chi connectivity index (χ1n) is 7.32. The van der Waals surface area contributed by atoms with Crippen LogP contribution in [0, 0.1) is 17.0 Å². The van der Waals surface area contributed by atoms with Crippen molar-refractivity contribution in [2.45, 2.75) is 20.1 Å². The van der Waals surface area contributed by atoms with Crippen molar-refractivity contribution in [2.75, 3.05) is 7.05 Å². The van der Waals surface area contributed by atoms with E-state index < -0.39 is 11.5 Å². The van der Waals surface area contributed by atoms with Crippen molar-refractivity contribution in [2.24, 2.45) is 0 Å². The second-order valence-corrected chi connectivity index (χ2v) is 5.44. The van der Waals surface area contributed by atoms with Crippen LogP contribution in [0.15, 0.2) is 42.5 Å². The maximum Gasteiger partial charge on any atom is 0.387 e. The molecule has 0 radical (unpaired) electrons. The summed E-state index contributed by atoms with van der Waals surface area (Å²) in [5.74, 6) is -0.349. The second-order valence-electron chi connectivity index (χ2n) is 5.44. The van der Waals surface area contributed by atoms with Crippen molar-refractivity contribution in [3.63, 3.8) is 0 Å². The summed E-state index contributed by atoms with van der Waals surface area (Å²) in [5, 5.41) is 11.0. The zero-order valence-corrected chi connectivity index (χ0v) is 13.6. The summed E-state index contributed by atoms with van der Waals surface area (Å²) < 4.78 is 28.5. The van der Waals surface area contributed by atoms with E-state index in [-0.39, 0.29) is 29.5 Å². The lowest BCUT2D eigenvalue weighted by Crippen LogP contribution is -2.26. The quantitative estimate of drug-likeness (QED) is 0.587. The van der Waals surface area contributed by atoms with Crippen LogP contribution in [0.2, 0.25) is 0 Å². The average Bonchev–Trinajstić information content (AvgIpc) is 2.55. The summed E-state index contributed by atoms with van der Waals surface area (Å²) in [4.78, 5) is 24.3.